The third-order valence-corrected chi connectivity index (χ3v) is 4.96. The number of amides is 1. The zero-order chi connectivity index (χ0) is 18.8. The van der Waals surface area contributed by atoms with Gasteiger partial charge in [0.1, 0.15) is 5.82 Å². The van der Waals surface area contributed by atoms with Crippen LogP contribution in [-0.4, -0.2) is 30.8 Å². The van der Waals surface area contributed by atoms with Gasteiger partial charge in [0.25, 0.3) is 0 Å². The van der Waals surface area contributed by atoms with Gasteiger partial charge in [-0.2, -0.15) is 0 Å². The SMILES string of the molecule is CC(=O)NCC(=Cc1ccc(CCl)c(F)c1)B1OC(C)(C)C(C)(C)O1. The number of carbonyl (C=O) groups excluding carboxylic acids is 1. The fourth-order valence-electron chi connectivity index (χ4n) is 2.40. The molecule has 4 nitrogen and oxygen atoms in total. The third kappa shape index (κ3) is 4.63. The predicted octanol–water partition coefficient (Wildman–Crippen LogP) is 3.72. The Morgan fingerprint density at radius 2 is 1.88 bits per heavy atom. The average Bonchev–Trinajstić information content (AvgIpc) is 2.71. The maximum Gasteiger partial charge on any atom is 0.492 e. The van der Waals surface area contributed by atoms with Gasteiger partial charge in [-0.25, -0.2) is 4.39 Å². The van der Waals surface area contributed by atoms with E-state index in [-0.39, 0.29) is 24.1 Å². The van der Waals surface area contributed by atoms with E-state index in [0.717, 1.165) is 0 Å². The maximum absolute atomic E-state index is 14.0. The zero-order valence-corrected chi connectivity index (χ0v) is 16.0. The molecule has 0 atom stereocenters. The molecule has 0 unspecified atom stereocenters. The van der Waals surface area contributed by atoms with Crippen molar-refractivity contribution >= 4 is 30.7 Å². The third-order valence-electron chi connectivity index (χ3n) is 4.67. The van der Waals surface area contributed by atoms with Crippen LogP contribution in [0.5, 0.6) is 0 Å². The summed E-state index contributed by atoms with van der Waals surface area (Å²) in [6, 6.07) is 4.84. The van der Waals surface area contributed by atoms with Gasteiger partial charge in [-0.1, -0.05) is 18.2 Å². The molecule has 1 aliphatic rings. The van der Waals surface area contributed by atoms with Crippen molar-refractivity contribution in [2.24, 2.45) is 0 Å². The highest BCUT2D eigenvalue weighted by molar-refractivity contribution is 6.56. The van der Waals surface area contributed by atoms with Crippen LogP contribution in [0.1, 0.15) is 45.7 Å². The van der Waals surface area contributed by atoms with E-state index in [4.69, 9.17) is 20.9 Å². The second-order valence-electron chi connectivity index (χ2n) is 7.20. The molecule has 136 valence electrons. The van der Waals surface area contributed by atoms with Crippen LogP contribution in [0.25, 0.3) is 6.08 Å². The van der Waals surface area contributed by atoms with Gasteiger partial charge in [0, 0.05) is 19.0 Å². The van der Waals surface area contributed by atoms with E-state index in [2.05, 4.69) is 5.32 Å². The minimum absolute atomic E-state index is 0.117. The van der Waals surface area contributed by atoms with Crippen LogP contribution in [0.2, 0.25) is 0 Å². The molecule has 0 aromatic heterocycles. The molecule has 0 saturated carbocycles. The first-order chi connectivity index (χ1) is 11.6. The molecule has 1 aliphatic heterocycles. The highest BCUT2D eigenvalue weighted by atomic mass is 35.5. The van der Waals surface area contributed by atoms with Crippen molar-refractivity contribution in [2.45, 2.75) is 51.7 Å². The fraction of sp³-hybridized carbons (Fsp3) is 0.500. The minimum atomic E-state index is -0.618. The molecule has 1 saturated heterocycles. The van der Waals surface area contributed by atoms with E-state index in [1.165, 1.54) is 13.0 Å². The van der Waals surface area contributed by atoms with Crippen molar-refractivity contribution in [3.8, 4) is 0 Å². The Balaban J connectivity index is 2.33. The average molecular weight is 368 g/mol. The normalized spacial score (nSPS) is 19.2. The van der Waals surface area contributed by atoms with Gasteiger partial charge < -0.3 is 14.6 Å². The molecule has 0 aliphatic carbocycles. The molecule has 1 fully saturated rings. The fourth-order valence-corrected chi connectivity index (χ4v) is 2.62. The Labute approximate surface area is 153 Å². The van der Waals surface area contributed by atoms with Crippen LogP contribution >= 0.6 is 11.6 Å². The van der Waals surface area contributed by atoms with Crippen LogP contribution < -0.4 is 5.32 Å². The Morgan fingerprint density at radius 3 is 2.36 bits per heavy atom. The summed E-state index contributed by atoms with van der Waals surface area (Å²) in [6.45, 7) is 9.52. The molecule has 1 heterocycles. The molecular formula is C18H24BClFNO3. The maximum atomic E-state index is 14.0. The van der Waals surface area contributed by atoms with Gasteiger partial charge in [-0.15, -0.1) is 11.6 Å². The number of nitrogens with one attached hydrogen (secondary N) is 1. The quantitative estimate of drug-likeness (QED) is 0.637. The summed E-state index contributed by atoms with van der Waals surface area (Å²) in [6.07, 6.45) is 1.78. The molecule has 25 heavy (non-hydrogen) atoms. The Hall–Kier alpha value is -1.37. The van der Waals surface area contributed by atoms with Gasteiger partial charge in [0.2, 0.25) is 5.91 Å². The van der Waals surface area contributed by atoms with E-state index in [9.17, 15) is 9.18 Å². The Kier molecular flexibility index (Phi) is 5.97. The van der Waals surface area contributed by atoms with E-state index >= 15 is 0 Å². The number of carbonyl (C=O) groups is 1. The monoisotopic (exact) mass is 367 g/mol. The summed E-state index contributed by atoms with van der Waals surface area (Å²) in [5.74, 6) is -0.408. The first-order valence-electron chi connectivity index (χ1n) is 8.20. The first-order valence-corrected chi connectivity index (χ1v) is 8.74. The second-order valence-corrected chi connectivity index (χ2v) is 7.47. The summed E-state index contributed by atoms with van der Waals surface area (Å²) in [5.41, 5.74) is 0.813. The summed E-state index contributed by atoms with van der Waals surface area (Å²) < 4.78 is 26.1. The lowest BCUT2D eigenvalue weighted by atomic mass is 9.77. The molecule has 0 spiro atoms. The summed E-state index contributed by atoms with van der Waals surface area (Å²) in [5, 5.41) is 2.75. The number of rotatable bonds is 5. The van der Waals surface area contributed by atoms with Crippen LogP contribution in [0.4, 0.5) is 4.39 Å². The standard InChI is InChI=1S/C18H24BClFNO3/c1-12(23)22-11-15(19-24-17(2,3)18(4,5)25-19)8-13-6-7-14(10-20)16(21)9-13/h6-9H,10-11H2,1-5H3,(H,22,23). The Morgan fingerprint density at radius 1 is 1.28 bits per heavy atom. The molecule has 0 bridgehead atoms. The van der Waals surface area contributed by atoms with Crippen LogP contribution in [0, 0.1) is 5.82 Å². The molecule has 1 aromatic rings. The van der Waals surface area contributed by atoms with Crippen molar-refractivity contribution in [3.63, 3.8) is 0 Å². The van der Waals surface area contributed by atoms with Gasteiger partial charge in [-0.05, 0) is 44.8 Å². The molecule has 0 radical (unpaired) electrons. The molecule has 2 rings (SSSR count). The van der Waals surface area contributed by atoms with E-state index in [0.29, 0.717) is 16.6 Å². The summed E-state index contributed by atoms with van der Waals surface area (Å²) >= 11 is 5.70. The van der Waals surface area contributed by atoms with Gasteiger partial charge in [0.05, 0.1) is 17.1 Å². The van der Waals surface area contributed by atoms with Crippen molar-refractivity contribution in [1.29, 1.82) is 0 Å². The molecule has 1 amide bonds. The largest absolute Gasteiger partial charge is 0.492 e. The highest BCUT2D eigenvalue weighted by Crippen LogP contribution is 2.38. The van der Waals surface area contributed by atoms with Gasteiger partial charge in [0.15, 0.2) is 0 Å². The number of hydrogen-bond donors (Lipinski definition) is 1. The summed E-state index contributed by atoms with van der Waals surface area (Å²) in [4.78, 5) is 11.3. The van der Waals surface area contributed by atoms with Crippen molar-refractivity contribution in [1.82, 2.24) is 5.32 Å². The lowest BCUT2D eigenvalue weighted by molar-refractivity contribution is -0.118. The molecule has 7 heteroatoms. The second kappa shape index (κ2) is 7.48. The number of hydrogen-bond acceptors (Lipinski definition) is 3. The van der Waals surface area contributed by atoms with Gasteiger partial charge >= 0.3 is 7.12 Å². The van der Waals surface area contributed by atoms with E-state index < -0.39 is 18.3 Å². The minimum Gasteiger partial charge on any atom is -0.400 e. The number of benzene rings is 1. The van der Waals surface area contributed by atoms with Gasteiger partial charge in [-0.3, -0.25) is 4.79 Å². The highest BCUT2D eigenvalue weighted by Gasteiger charge is 2.52. The smallest absolute Gasteiger partial charge is 0.400 e. The molecular weight excluding hydrogens is 343 g/mol. The summed E-state index contributed by atoms with van der Waals surface area (Å²) in [7, 11) is -0.618. The van der Waals surface area contributed by atoms with Crippen molar-refractivity contribution in [2.75, 3.05) is 6.54 Å². The van der Waals surface area contributed by atoms with E-state index in [1.807, 2.05) is 27.7 Å². The van der Waals surface area contributed by atoms with E-state index in [1.54, 1.807) is 18.2 Å². The topological polar surface area (TPSA) is 47.6 Å². The molecule has 1 aromatic carbocycles. The van der Waals surface area contributed by atoms with Crippen LogP contribution in [-0.2, 0) is 20.0 Å². The van der Waals surface area contributed by atoms with Crippen LogP contribution in [0.3, 0.4) is 0 Å². The number of alkyl halides is 1. The predicted molar refractivity (Wildman–Crippen MR) is 98.7 cm³/mol. The Bertz CT molecular complexity index is 675. The molecule has 1 N–H and O–H groups in total. The first kappa shape index (κ1) is 20.0. The van der Waals surface area contributed by atoms with Crippen molar-refractivity contribution in [3.05, 3.63) is 40.6 Å². The lowest BCUT2D eigenvalue weighted by Crippen LogP contribution is -2.41. The lowest BCUT2D eigenvalue weighted by Gasteiger charge is -2.32. The van der Waals surface area contributed by atoms with Crippen LogP contribution in [0.15, 0.2) is 23.7 Å². The number of halogens is 2. The zero-order valence-electron chi connectivity index (χ0n) is 15.3. The van der Waals surface area contributed by atoms with Crippen molar-refractivity contribution < 1.29 is 18.5 Å².